The second-order valence-electron chi connectivity index (χ2n) is 25.0. The standard InChI is InChI=1S/C67H85N7O13SSi2/c1-9-89(10-2,11-3)87-63-55(43-79-57(75)36-45(4)5)83-59(40-67(63,78)72-74-69)85-62-56(44-81-90(65(6,7)8,49-30-20-14-21-31-49)50-32-22-15-23-33-50)82-58(80-42-54-61(76)53(71-73-68)37-60(84-54)88-48-28-18-13-19-29-48)39-66(62,86-64(77)46-26-16-12-17-27-46)38-47-41-70-52-35-25-24-34-51(47)52/h12-35,41,45,53-56,58-63,70,76,78H,9-11,36-40,42-44H2,1-8H3/t53-,54-,55-,56-,58+,59-,60-,61-,62+,63+,66-,67-/m1/s1. The van der Waals surface area contributed by atoms with Gasteiger partial charge in [0, 0.05) is 57.5 Å². The van der Waals surface area contributed by atoms with Gasteiger partial charge in [-0.05, 0) is 92.8 Å². The molecule has 90 heavy (non-hydrogen) atoms. The molecule has 0 saturated carbocycles. The molecule has 0 radical (unpaired) electrons. The Kier molecular flexibility index (Phi) is 22.9. The Morgan fingerprint density at radius 2 is 1.36 bits per heavy atom. The van der Waals surface area contributed by atoms with Gasteiger partial charge in [0.2, 0.25) is 0 Å². The van der Waals surface area contributed by atoms with Crippen molar-refractivity contribution in [1.82, 2.24) is 4.98 Å². The zero-order valence-electron chi connectivity index (χ0n) is 52.5. The van der Waals surface area contributed by atoms with Crippen molar-refractivity contribution >= 4 is 61.6 Å². The van der Waals surface area contributed by atoms with Gasteiger partial charge in [-0.1, -0.05) is 193 Å². The molecule has 0 aliphatic carbocycles. The van der Waals surface area contributed by atoms with Crippen LogP contribution in [0.2, 0.25) is 23.2 Å². The van der Waals surface area contributed by atoms with Crippen LogP contribution in [-0.4, -0.2) is 136 Å². The van der Waals surface area contributed by atoms with Crippen molar-refractivity contribution in [1.29, 1.82) is 0 Å². The predicted octanol–water partition coefficient (Wildman–Crippen LogP) is 12.4. The number of aliphatic hydroxyl groups excluding tert-OH is 1. The number of rotatable bonds is 27. The van der Waals surface area contributed by atoms with Gasteiger partial charge in [-0.25, -0.2) is 4.79 Å². The van der Waals surface area contributed by atoms with Crippen LogP contribution in [0.1, 0.15) is 97.0 Å². The van der Waals surface area contributed by atoms with Gasteiger partial charge in [0.05, 0.1) is 30.9 Å². The normalized spacial score (nSPS) is 26.5. The minimum absolute atomic E-state index is 0.0372. The number of ether oxygens (including phenoxy) is 7. The zero-order valence-corrected chi connectivity index (χ0v) is 55.4. The van der Waals surface area contributed by atoms with Crippen LogP contribution in [0.5, 0.6) is 0 Å². The predicted molar refractivity (Wildman–Crippen MR) is 349 cm³/mol. The highest BCUT2D eigenvalue weighted by Crippen LogP contribution is 2.46. The number of aromatic amines is 1. The van der Waals surface area contributed by atoms with Crippen LogP contribution in [-0.2, 0) is 53.2 Å². The topological polar surface area (TPSA) is 271 Å². The van der Waals surface area contributed by atoms with Crippen molar-refractivity contribution in [3.8, 4) is 0 Å². The quantitative estimate of drug-likeness (QED) is 0.0142. The number of nitrogens with one attached hydrogen (secondary N) is 1. The van der Waals surface area contributed by atoms with Crippen molar-refractivity contribution in [2.24, 2.45) is 16.1 Å². The number of aliphatic hydroxyl groups is 2. The summed E-state index contributed by atoms with van der Waals surface area (Å²) in [6, 6.07) is 47.2. The van der Waals surface area contributed by atoms with E-state index in [2.05, 4.69) is 70.1 Å². The second-order valence-corrected chi connectivity index (χ2v) is 35.3. The maximum atomic E-state index is 15.4. The molecule has 20 nitrogen and oxygen atoms in total. The Morgan fingerprint density at radius 1 is 0.756 bits per heavy atom. The van der Waals surface area contributed by atoms with Crippen molar-refractivity contribution in [3.63, 3.8) is 0 Å². The molecule has 5 aromatic carbocycles. The van der Waals surface area contributed by atoms with E-state index in [0.29, 0.717) is 18.1 Å². The third-order valence-electron chi connectivity index (χ3n) is 17.6. The molecule has 6 aromatic rings. The Morgan fingerprint density at radius 3 is 1.97 bits per heavy atom. The maximum Gasteiger partial charge on any atom is 0.338 e. The van der Waals surface area contributed by atoms with Crippen LogP contribution in [0.15, 0.2) is 167 Å². The number of fused-ring (bicyclic) bond motifs is 1. The van der Waals surface area contributed by atoms with E-state index in [4.69, 9.17) is 42.0 Å². The maximum absolute atomic E-state index is 15.4. The molecule has 3 fully saturated rings. The Labute approximate surface area is 533 Å². The Bertz CT molecular complexity index is 3350. The number of para-hydroxylation sites is 1. The van der Waals surface area contributed by atoms with Gasteiger partial charge in [-0.2, -0.15) is 0 Å². The first kappa shape index (κ1) is 68.0. The first-order valence-electron chi connectivity index (χ1n) is 31.2. The molecule has 0 spiro atoms. The van der Waals surface area contributed by atoms with Gasteiger partial charge >= 0.3 is 11.9 Å². The summed E-state index contributed by atoms with van der Waals surface area (Å²) in [6.07, 6.45) is -8.88. The largest absolute Gasteiger partial charge is 0.463 e. The molecule has 3 N–H and O–H groups in total. The van der Waals surface area contributed by atoms with E-state index in [9.17, 15) is 26.1 Å². The zero-order chi connectivity index (χ0) is 64.1. The van der Waals surface area contributed by atoms with Crippen LogP contribution in [0, 0.1) is 5.92 Å². The number of esters is 2. The van der Waals surface area contributed by atoms with Crippen LogP contribution in [0.4, 0.5) is 0 Å². The fourth-order valence-electron chi connectivity index (χ4n) is 12.9. The molecule has 0 amide bonds. The van der Waals surface area contributed by atoms with Crippen LogP contribution >= 0.6 is 11.8 Å². The van der Waals surface area contributed by atoms with E-state index in [1.807, 2.05) is 132 Å². The summed E-state index contributed by atoms with van der Waals surface area (Å²) in [5.74, 6) is -1.25. The van der Waals surface area contributed by atoms with Crippen LogP contribution in [0.3, 0.4) is 0 Å². The van der Waals surface area contributed by atoms with Crippen molar-refractivity contribution in [3.05, 3.63) is 184 Å². The molecule has 3 aliphatic rings. The van der Waals surface area contributed by atoms with Gasteiger partial charge in [0.1, 0.15) is 42.6 Å². The molecule has 480 valence electrons. The van der Waals surface area contributed by atoms with Crippen LogP contribution < -0.4 is 10.4 Å². The molecule has 12 atom stereocenters. The lowest BCUT2D eigenvalue weighted by Crippen LogP contribution is -2.69. The monoisotopic (exact) mass is 1280 g/mol. The third-order valence-corrected chi connectivity index (χ3v) is 28.4. The summed E-state index contributed by atoms with van der Waals surface area (Å²) in [5.41, 5.74) is 17.2. The summed E-state index contributed by atoms with van der Waals surface area (Å²) < 4.78 is 63.3. The number of carbonyl (C=O) groups is 2. The highest BCUT2D eigenvalue weighted by atomic mass is 32.2. The number of aromatic nitrogens is 1. The van der Waals surface area contributed by atoms with Gasteiger partial charge in [-0.3, -0.25) is 4.79 Å². The molecular weight excluding hydrogens is 1200 g/mol. The summed E-state index contributed by atoms with van der Waals surface area (Å²) in [7, 11) is -6.15. The molecule has 3 saturated heterocycles. The Balaban J connectivity index is 1.22. The first-order chi connectivity index (χ1) is 43.3. The molecule has 9 rings (SSSR count). The summed E-state index contributed by atoms with van der Waals surface area (Å²) in [4.78, 5) is 39.5. The number of azide groups is 2. The number of carbonyl (C=O) groups excluding carboxylic acids is 2. The SMILES string of the molecule is CC[Si](CC)(CC)O[C@H]1[C@@H](COC(=O)CC(C)C)O[C@H](O[C@H]2[C@@H](CO[Si](c3ccccc3)(c3ccccc3)C(C)(C)C)O[C@H](OC[C@H]3O[C@H](Sc4ccccc4)C[C@@H](N=[N+]=[N-])[C@H]3O)C[C@@]2(Cc2c[nH]c3ccccc23)OC(=O)c2ccccc2)C[C@]1(O)N=[N+]=[N-]. The second kappa shape index (κ2) is 30.4. The smallest absolute Gasteiger partial charge is 0.338 e. The number of hydrogen-bond donors (Lipinski definition) is 3. The molecule has 1 aromatic heterocycles. The van der Waals surface area contributed by atoms with E-state index < -0.39 is 119 Å². The Hall–Kier alpha value is -6.38. The van der Waals surface area contributed by atoms with Crippen molar-refractivity contribution in [2.45, 2.75) is 188 Å². The average Bonchev–Trinajstić information content (AvgIpc) is 0.859. The first-order valence-corrected chi connectivity index (χ1v) is 36.5. The molecule has 3 aliphatic heterocycles. The number of benzene rings is 5. The molecular formula is C67H85N7O13SSi2. The molecule has 23 heteroatoms. The molecule has 0 unspecified atom stereocenters. The third kappa shape index (κ3) is 15.7. The van der Waals surface area contributed by atoms with E-state index in [1.165, 1.54) is 11.8 Å². The number of hydrogen-bond acceptors (Lipinski definition) is 16. The number of H-pyrrole nitrogens is 1. The van der Waals surface area contributed by atoms with Gasteiger partial charge in [0.15, 0.2) is 32.2 Å². The number of thioether (sulfide) groups is 1. The van der Waals surface area contributed by atoms with E-state index >= 15 is 4.79 Å². The van der Waals surface area contributed by atoms with Crippen molar-refractivity contribution < 1.29 is 61.8 Å². The fraction of sp³-hybridized carbons (Fsp3) is 0.493. The lowest BCUT2D eigenvalue weighted by molar-refractivity contribution is -0.348. The van der Waals surface area contributed by atoms with Crippen molar-refractivity contribution in [2.75, 3.05) is 19.8 Å². The van der Waals surface area contributed by atoms with Gasteiger partial charge in [-0.15, -0.1) is 0 Å². The highest BCUT2D eigenvalue weighted by Gasteiger charge is 2.60. The molecule has 0 bridgehead atoms. The lowest BCUT2D eigenvalue weighted by atomic mass is 9.80. The van der Waals surface area contributed by atoms with E-state index in [1.54, 1.807) is 30.3 Å². The fourth-order valence-corrected chi connectivity index (χ4v) is 21.4. The number of nitrogens with zero attached hydrogens (tertiary/aromatic N) is 6. The minimum Gasteiger partial charge on any atom is -0.463 e. The van der Waals surface area contributed by atoms with E-state index in [0.717, 1.165) is 31.7 Å². The summed E-state index contributed by atoms with van der Waals surface area (Å²) in [6.45, 7) is 15.5. The summed E-state index contributed by atoms with van der Waals surface area (Å²) >= 11 is 1.43. The van der Waals surface area contributed by atoms with Gasteiger partial charge < -0.3 is 57.2 Å². The van der Waals surface area contributed by atoms with Gasteiger partial charge in [0.25, 0.3) is 8.32 Å². The highest BCUT2D eigenvalue weighted by molar-refractivity contribution is 7.99. The lowest BCUT2D eigenvalue weighted by Gasteiger charge is -2.53. The average molecular weight is 1280 g/mol. The van der Waals surface area contributed by atoms with Crippen LogP contribution in [0.25, 0.3) is 31.8 Å². The summed E-state index contributed by atoms with van der Waals surface area (Å²) in [5, 5.41) is 35.4. The molecule has 4 heterocycles. The van der Waals surface area contributed by atoms with E-state index in [-0.39, 0.29) is 50.4 Å². The minimum atomic E-state index is -3.47.